The van der Waals surface area contributed by atoms with E-state index in [1.54, 1.807) is 6.08 Å². The number of halogens is 1. The van der Waals surface area contributed by atoms with Crippen LogP contribution in [0.2, 0.25) is 0 Å². The van der Waals surface area contributed by atoms with Crippen LogP contribution in [0.4, 0.5) is 14.9 Å². The van der Waals surface area contributed by atoms with Crippen molar-refractivity contribution in [2.24, 2.45) is 0 Å². The summed E-state index contributed by atoms with van der Waals surface area (Å²) in [5, 5.41) is 2.29. The van der Waals surface area contributed by atoms with Gasteiger partial charge in [-0.3, -0.25) is 24.2 Å². The molecule has 4 heterocycles. The van der Waals surface area contributed by atoms with Gasteiger partial charge in [0.1, 0.15) is 5.82 Å². The van der Waals surface area contributed by atoms with Crippen LogP contribution in [0, 0.1) is 5.82 Å². The zero-order valence-electron chi connectivity index (χ0n) is 17.2. The summed E-state index contributed by atoms with van der Waals surface area (Å²) in [6, 6.07) is 4.76. The van der Waals surface area contributed by atoms with E-state index in [0.29, 0.717) is 16.8 Å². The number of fused-ring (bicyclic) bond motifs is 1. The summed E-state index contributed by atoms with van der Waals surface area (Å²) in [6.07, 6.45) is 3.64. The molecule has 8 nitrogen and oxygen atoms in total. The van der Waals surface area contributed by atoms with Gasteiger partial charge < -0.3 is 15.0 Å². The minimum atomic E-state index is -0.574. The number of morpholine rings is 1. The lowest BCUT2D eigenvalue weighted by Crippen LogP contribution is -2.35. The molecule has 2 saturated heterocycles. The Labute approximate surface area is 187 Å². The third-order valence-electron chi connectivity index (χ3n) is 5.71. The molecule has 3 amide bonds. The zero-order valence-corrected chi connectivity index (χ0v) is 18.0. The third-order valence-corrected chi connectivity index (χ3v) is 6.57. The second kappa shape index (κ2) is 8.53. The van der Waals surface area contributed by atoms with Crippen LogP contribution >= 0.6 is 11.8 Å². The maximum absolute atomic E-state index is 14.6. The van der Waals surface area contributed by atoms with Crippen molar-refractivity contribution in [2.45, 2.75) is 13.1 Å². The number of nitrogens with one attached hydrogen (secondary N) is 2. The number of thioether (sulfide) groups is 1. The lowest BCUT2D eigenvalue weighted by molar-refractivity contribution is -0.125. The molecular weight excluding hydrogens is 435 g/mol. The van der Waals surface area contributed by atoms with Gasteiger partial charge in [0.2, 0.25) is 5.91 Å². The lowest BCUT2D eigenvalue weighted by atomic mass is 10.0. The molecule has 166 valence electrons. The SMILES string of the molecule is O=C1Nc2cc(F)c(CN3C(=O)CSC3=O)cc2C1=Cc1cc(CN2CCOCC2)c[nH]1. The first-order valence-corrected chi connectivity index (χ1v) is 11.3. The van der Waals surface area contributed by atoms with Crippen molar-refractivity contribution in [3.05, 3.63) is 52.6 Å². The molecule has 3 aliphatic heterocycles. The molecule has 0 aliphatic carbocycles. The van der Waals surface area contributed by atoms with E-state index >= 15 is 0 Å². The second-order valence-corrected chi connectivity index (χ2v) is 8.81. The summed E-state index contributed by atoms with van der Waals surface area (Å²) >= 11 is 0.904. The van der Waals surface area contributed by atoms with Crippen LogP contribution in [0.3, 0.4) is 0 Å². The van der Waals surface area contributed by atoms with E-state index in [1.165, 1.54) is 12.1 Å². The van der Waals surface area contributed by atoms with Crippen LogP contribution in [0.25, 0.3) is 11.6 Å². The monoisotopic (exact) mass is 456 g/mol. The highest BCUT2D eigenvalue weighted by Gasteiger charge is 2.32. The molecule has 3 aliphatic rings. The Morgan fingerprint density at radius 3 is 2.69 bits per heavy atom. The quantitative estimate of drug-likeness (QED) is 0.672. The maximum Gasteiger partial charge on any atom is 0.289 e. The fraction of sp³-hybridized carbons (Fsp3) is 0.318. The van der Waals surface area contributed by atoms with Crippen LogP contribution in [0.15, 0.2) is 24.4 Å². The largest absolute Gasteiger partial charge is 0.379 e. The molecule has 0 saturated carbocycles. The maximum atomic E-state index is 14.6. The van der Waals surface area contributed by atoms with Crippen LogP contribution in [-0.2, 0) is 27.4 Å². The molecule has 0 unspecified atom stereocenters. The molecule has 0 radical (unpaired) electrons. The van der Waals surface area contributed by atoms with Gasteiger partial charge in [-0.2, -0.15) is 0 Å². The molecule has 1 aromatic heterocycles. The van der Waals surface area contributed by atoms with Gasteiger partial charge >= 0.3 is 0 Å². The van der Waals surface area contributed by atoms with Crippen molar-refractivity contribution < 1.29 is 23.5 Å². The first-order valence-electron chi connectivity index (χ1n) is 10.3. The number of hydrogen-bond donors (Lipinski definition) is 2. The number of nitrogens with zero attached hydrogens (tertiary/aromatic N) is 2. The minimum Gasteiger partial charge on any atom is -0.379 e. The number of imide groups is 1. The summed E-state index contributed by atoms with van der Waals surface area (Å²) in [5.74, 6) is -1.18. The molecule has 5 rings (SSSR count). The van der Waals surface area contributed by atoms with E-state index < -0.39 is 5.82 Å². The number of hydrogen-bond acceptors (Lipinski definition) is 6. The number of aromatic amines is 1. The molecule has 0 atom stereocenters. The van der Waals surface area contributed by atoms with E-state index in [9.17, 15) is 18.8 Å². The summed E-state index contributed by atoms with van der Waals surface area (Å²) < 4.78 is 20.0. The van der Waals surface area contributed by atoms with Gasteiger partial charge in [0.25, 0.3) is 11.1 Å². The predicted molar refractivity (Wildman–Crippen MR) is 118 cm³/mol. The predicted octanol–water partition coefficient (Wildman–Crippen LogP) is 2.67. The topological polar surface area (TPSA) is 94.7 Å². The molecule has 2 aromatic rings. The van der Waals surface area contributed by atoms with Crippen molar-refractivity contribution in [3.63, 3.8) is 0 Å². The van der Waals surface area contributed by atoms with E-state index in [1.807, 2.05) is 12.3 Å². The van der Waals surface area contributed by atoms with Crippen LogP contribution in [-0.4, -0.2) is 63.9 Å². The Balaban J connectivity index is 1.39. The van der Waals surface area contributed by atoms with Gasteiger partial charge in [-0.05, 0) is 29.8 Å². The standard InChI is InChI=1S/C22H21FN4O4S/c23-18-8-19-16(6-14(18)11-27-20(28)12-32-22(27)30)17(21(29)25-19)7-15-5-13(9-24-15)10-26-1-3-31-4-2-26/h5-9,24H,1-4,10-12H2,(H,25,29). The third kappa shape index (κ3) is 4.08. The summed E-state index contributed by atoms with van der Waals surface area (Å²) in [4.78, 5) is 42.9. The smallest absolute Gasteiger partial charge is 0.289 e. The number of rotatable bonds is 5. The van der Waals surface area contributed by atoms with Gasteiger partial charge in [-0.1, -0.05) is 11.8 Å². The molecule has 0 bridgehead atoms. The first-order chi connectivity index (χ1) is 15.5. The molecule has 1 aromatic carbocycles. The molecular formula is C22H21FN4O4S. The Bertz CT molecular complexity index is 1120. The summed E-state index contributed by atoms with van der Waals surface area (Å²) in [6.45, 7) is 3.85. The fourth-order valence-electron chi connectivity index (χ4n) is 4.03. The average molecular weight is 456 g/mol. The second-order valence-electron chi connectivity index (χ2n) is 7.89. The van der Waals surface area contributed by atoms with Crippen molar-refractivity contribution in [2.75, 3.05) is 37.4 Å². The zero-order chi connectivity index (χ0) is 22.2. The van der Waals surface area contributed by atoms with Gasteiger partial charge in [0.15, 0.2) is 0 Å². The number of amides is 3. The van der Waals surface area contributed by atoms with Gasteiger partial charge in [0.05, 0.1) is 36.8 Å². The van der Waals surface area contributed by atoms with Crippen molar-refractivity contribution in [1.29, 1.82) is 0 Å². The number of benzene rings is 1. The number of anilines is 1. The Hall–Kier alpha value is -2.95. The minimum absolute atomic E-state index is 0.0657. The fourth-order valence-corrected chi connectivity index (χ4v) is 4.76. The first kappa shape index (κ1) is 20.9. The van der Waals surface area contributed by atoms with Gasteiger partial charge in [-0.15, -0.1) is 0 Å². The number of aromatic nitrogens is 1. The van der Waals surface area contributed by atoms with Gasteiger partial charge in [-0.25, -0.2) is 4.39 Å². The summed E-state index contributed by atoms with van der Waals surface area (Å²) in [7, 11) is 0. The molecule has 32 heavy (non-hydrogen) atoms. The highest BCUT2D eigenvalue weighted by molar-refractivity contribution is 8.14. The van der Waals surface area contributed by atoms with E-state index in [2.05, 4.69) is 15.2 Å². The van der Waals surface area contributed by atoms with Crippen molar-refractivity contribution in [1.82, 2.24) is 14.8 Å². The van der Waals surface area contributed by atoms with Gasteiger partial charge in [0, 0.05) is 42.7 Å². The Morgan fingerprint density at radius 2 is 1.94 bits per heavy atom. The highest BCUT2D eigenvalue weighted by atomic mass is 32.2. The van der Waals surface area contributed by atoms with Crippen molar-refractivity contribution in [3.8, 4) is 0 Å². The molecule has 2 N–H and O–H groups in total. The number of carbonyl (C=O) groups excluding carboxylic acids is 3. The molecule has 10 heteroatoms. The number of ether oxygens (including phenoxy) is 1. The number of H-pyrrole nitrogens is 1. The average Bonchev–Trinajstić information content (AvgIpc) is 3.43. The Kier molecular flexibility index (Phi) is 5.58. The van der Waals surface area contributed by atoms with E-state index in [0.717, 1.165) is 60.8 Å². The lowest BCUT2D eigenvalue weighted by Gasteiger charge is -2.25. The molecule has 0 spiro atoms. The van der Waals surface area contributed by atoms with Crippen LogP contribution in [0.1, 0.15) is 22.4 Å². The normalized spacial score (nSPS) is 20.3. The van der Waals surface area contributed by atoms with E-state index in [-0.39, 0.29) is 34.9 Å². The highest BCUT2D eigenvalue weighted by Crippen LogP contribution is 2.36. The van der Waals surface area contributed by atoms with E-state index in [4.69, 9.17) is 4.74 Å². The molecule has 2 fully saturated rings. The Morgan fingerprint density at radius 1 is 1.12 bits per heavy atom. The summed E-state index contributed by atoms with van der Waals surface area (Å²) in [5.41, 5.74) is 3.36. The van der Waals surface area contributed by atoms with Crippen LogP contribution < -0.4 is 5.32 Å². The van der Waals surface area contributed by atoms with Crippen LogP contribution in [0.5, 0.6) is 0 Å². The van der Waals surface area contributed by atoms with Crippen molar-refractivity contribution >= 4 is 46.2 Å². The number of carbonyl (C=O) groups is 3.